The molecular weight excluding hydrogens is 418 g/mol. The summed E-state index contributed by atoms with van der Waals surface area (Å²) < 4.78 is 6.19. The van der Waals surface area contributed by atoms with Crippen LogP contribution in [0.4, 0.5) is 0 Å². The molecule has 2 heterocycles. The lowest BCUT2D eigenvalue weighted by Gasteiger charge is -2.08. The average Bonchev–Trinajstić information content (AvgIpc) is 3.23. The molecule has 0 fully saturated rings. The third-order valence-electron chi connectivity index (χ3n) is 5.72. The van der Waals surface area contributed by atoms with Crippen LogP contribution in [0.5, 0.6) is 0 Å². The van der Waals surface area contributed by atoms with Gasteiger partial charge in [-0.3, -0.25) is 0 Å². The highest BCUT2D eigenvalue weighted by molar-refractivity contribution is 6.28. The maximum atomic E-state index is 6.22. The number of furan rings is 1. The molecule has 5 heteroatoms. The van der Waals surface area contributed by atoms with Crippen LogP contribution in [0.2, 0.25) is 5.28 Å². The second-order valence-corrected chi connectivity index (χ2v) is 8.09. The summed E-state index contributed by atoms with van der Waals surface area (Å²) in [6.45, 7) is 0. The Labute approximate surface area is 189 Å². The number of rotatable bonds is 3. The van der Waals surface area contributed by atoms with Crippen molar-refractivity contribution in [3.8, 4) is 22.5 Å². The first-order chi connectivity index (χ1) is 15.8. The topological polar surface area (TPSA) is 51.8 Å². The standard InChI is InChI=1S/C27H18ClN3O/c28-27-30-25(18-7-2-1-3-8-18)29-26(31-27)19-15-13-17(14-16-19)20-10-6-11-22-21-9-4-5-12-23(21)32-24(20)22/h2,4-16H,1,3H2. The number of allylic oxidation sites excluding steroid dienone is 4. The number of fused-ring (bicyclic) bond motifs is 3. The van der Waals surface area contributed by atoms with E-state index in [2.05, 4.69) is 63.5 Å². The van der Waals surface area contributed by atoms with Gasteiger partial charge in [-0.25, -0.2) is 4.98 Å². The molecule has 1 aliphatic carbocycles. The fourth-order valence-corrected chi connectivity index (χ4v) is 4.32. The Kier molecular flexibility index (Phi) is 4.58. The van der Waals surface area contributed by atoms with Gasteiger partial charge in [0.05, 0.1) is 0 Å². The van der Waals surface area contributed by atoms with Crippen molar-refractivity contribution in [3.63, 3.8) is 0 Å². The van der Waals surface area contributed by atoms with Crippen molar-refractivity contribution in [2.24, 2.45) is 0 Å². The lowest BCUT2D eigenvalue weighted by molar-refractivity contribution is 0.670. The van der Waals surface area contributed by atoms with Crippen LogP contribution < -0.4 is 0 Å². The first kappa shape index (κ1) is 19.0. The second-order valence-electron chi connectivity index (χ2n) is 7.75. The first-order valence-electron chi connectivity index (χ1n) is 10.6. The molecule has 4 nitrogen and oxygen atoms in total. The van der Waals surface area contributed by atoms with Crippen molar-refractivity contribution in [1.29, 1.82) is 0 Å². The van der Waals surface area contributed by atoms with E-state index in [-0.39, 0.29) is 5.28 Å². The van der Waals surface area contributed by atoms with E-state index in [4.69, 9.17) is 16.0 Å². The van der Waals surface area contributed by atoms with Crippen molar-refractivity contribution in [2.75, 3.05) is 0 Å². The van der Waals surface area contributed by atoms with Gasteiger partial charge in [0.1, 0.15) is 11.2 Å². The van der Waals surface area contributed by atoms with Crippen LogP contribution in [0.15, 0.2) is 89.4 Å². The molecule has 0 unspecified atom stereocenters. The number of hydrogen-bond donors (Lipinski definition) is 0. The molecule has 0 amide bonds. The molecule has 2 aromatic heterocycles. The van der Waals surface area contributed by atoms with E-state index in [1.807, 2.05) is 36.4 Å². The molecule has 1 aliphatic rings. The summed E-state index contributed by atoms with van der Waals surface area (Å²) in [7, 11) is 0. The molecule has 154 valence electrons. The Morgan fingerprint density at radius 1 is 0.719 bits per heavy atom. The van der Waals surface area contributed by atoms with E-state index < -0.39 is 0 Å². The largest absolute Gasteiger partial charge is 0.455 e. The van der Waals surface area contributed by atoms with Gasteiger partial charge in [-0.15, -0.1) is 0 Å². The Morgan fingerprint density at radius 3 is 2.34 bits per heavy atom. The molecule has 0 saturated heterocycles. The molecule has 0 radical (unpaired) electrons. The number of halogens is 1. The van der Waals surface area contributed by atoms with Crippen LogP contribution in [-0.4, -0.2) is 15.0 Å². The summed E-state index contributed by atoms with van der Waals surface area (Å²) in [4.78, 5) is 13.3. The van der Waals surface area contributed by atoms with E-state index in [0.29, 0.717) is 11.6 Å². The van der Waals surface area contributed by atoms with Gasteiger partial charge in [0.15, 0.2) is 11.6 Å². The molecule has 32 heavy (non-hydrogen) atoms. The van der Waals surface area contributed by atoms with E-state index in [9.17, 15) is 0 Å². The maximum Gasteiger partial charge on any atom is 0.226 e. The third kappa shape index (κ3) is 3.29. The molecule has 0 aliphatic heterocycles. The molecule has 6 rings (SSSR count). The lowest BCUT2D eigenvalue weighted by Crippen LogP contribution is -2.00. The van der Waals surface area contributed by atoms with Crippen LogP contribution in [0.1, 0.15) is 18.7 Å². The zero-order valence-electron chi connectivity index (χ0n) is 17.1. The monoisotopic (exact) mass is 435 g/mol. The number of para-hydroxylation sites is 2. The van der Waals surface area contributed by atoms with Gasteiger partial charge in [0.2, 0.25) is 5.28 Å². The number of hydrogen-bond acceptors (Lipinski definition) is 4. The zero-order chi connectivity index (χ0) is 21.5. The highest BCUT2D eigenvalue weighted by Gasteiger charge is 2.14. The Hall–Kier alpha value is -3.76. The molecule has 0 spiro atoms. The van der Waals surface area contributed by atoms with Crippen molar-refractivity contribution in [2.45, 2.75) is 12.8 Å². The molecule has 5 aromatic rings. The van der Waals surface area contributed by atoms with Crippen LogP contribution >= 0.6 is 11.6 Å². The van der Waals surface area contributed by atoms with E-state index in [0.717, 1.165) is 57.0 Å². The Bertz CT molecular complexity index is 1530. The predicted octanol–water partition coefficient (Wildman–Crippen LogP) is 7.49. The quantitative estimate of drug-likeness (QED) is 0.294. The van der Waals surface area contributed by atoms with E-state index >= 15 is 0 Å². The highest BCUT2D eigenvalue weighted by Crippen LogP contribution is 2.36. The van der Waals surface area contributed by atoms with Gasteiger partial charge in [0, 0.05) is 27.5 Å². The minimum absolute atomic E-state index is 0.195. The minimum Gasteiger partial charge on any atom is -0.455 e. The lowest BCUT2D eigenvalue weighted by atomic mass is 10.0. The fourth-order valence-electron chi connectivity index (χ4n) is 4.16. The summed E-state index contributed by atoms with van der Waals surface area (Å²) >= 11 is 6.22. The summed E-state index contributed by atoms with van der Waals surface area (Å²) in [6, 6.07) is 22.5. The summed E-state index contributed by atoms with van der Waals surface area (Å²) in [5.41, 5.74) is 5.77. The van der Waals surface area contributed by atoms with Crippen molar-refractivity contribution in [3.05, 3.63) is 96.1 Å². The van der Waals surface area contributed by atoms with Crippen LogP contribution in [-0.2, 0) is 0 Å². The molecule has 0 atom stereocenters. The summed E-state index contributed by atoms with van der Waals surface area (Å²) in [6.07, 6.45) is 8.31. The normalized spacial score (nSPS) is 13.6. The van der Waals surface area contributed by atoms with Crippen LogP contribution in [0.25, 0.3) is 50.0 Å². The molecule has 0 bridgehead atoms. The van der Waals surface area contributed by atoms with Gasteiger partial charge < -0.3 is 4.42 Å². The predicted molar refractivity (Wildman–Crippen MR) is 129 cm³/mol. The summed E-state index contributed by atoms with van der Waals surface area (Å²) in [5, 5.41) is 2.44. The van der Waals surface area contributed by atoms with Crippen LogP contribution in [0, 0.1) is 0 Å². The van der Waals surface area contributed by atoms with Gasteiger partial charge in [-0.1, -0.05) is 78.9 Å². The number of aromatic nitrogens is 3. The van der Waals surface area contributed by atoms with Gasteiger partial charge in [0.25, 0.3) is 0 Å². The molecule has 0 saturated carbocycles. The smallest absolute Gasteiger partial charge is 0.226 e. The maximum absolute atomic E-state index is 6.22. The highest BCUT2D eigenvalue weighted by atomic mass is 35.5. The van der Waals surface area contributed by atoms with Crippen molar-refractivity contribution in [1.82, 2.24) is 15.0 Å². The van der Waals surface area contributed by atoms with Crippen molar-refractivity contribution >= 4 is 39.1 Å². The average molecular weight is 436 g/mol. The van der Waals surface area contributed by atoms with Gasteiger partial charge in [-0.2, -0.15) is 9.97 Å². The molecular formula is C27H18ClN3O. The molecule has 3 aromatic carbocycles. The van der Waals surface area contributed by atoms with E-state index in [1.165, 1.54) is 0 Å². The van der Waals surface area contributed by atoms with Gasteiger partial charge >= 0.3 is 0 Å². The number of nitrogens with zero attached hydrogens (tertiary/aromatic N) is 3. The van der Waals surface area contributed by atoms with Crippen LogP contribution in [0.3, 0.4) is 0 Å². The third-order valence-corrected chi connectivity index (χ3v) is 5.89. The molecule has 0 N–H and O–H groups in total. The Balaban J connectivity index is 1.41. The first-order valence-corrected chi connectivity index (χ1v) is 10.9. The number of benzene rings is 3. The Morgan fingerprint density at radius 2 is 1.50 bits per heavy atom. The van der Waals surface area contributed by atoms with E-state index in [1.54, 1.807) is 0 Å². The second kappa shape index (κ2) is 7.74. The SMILES string of the molecule is Clc1nc(C2=CCCC=C2)nc(-c2ccc(-c3cccc4c3oc3ccccc34)cc2)n1. The van der Waals surface area contributed by atoms with Crippen molar-refractivity contribution < 1.29 is 4.42 Å². The summed E-state index contributed by atoms with van der Waals surface area (Å²) in [5.74, 6) is 1.17. The van der Waals surface area contributed by atoms with Gasteiger partial charge in [-0.05, 0) is 36.1 Å². The fraction of sp³-hybridized carbons (Fsp3) is 0.0741. The minimum atomic E-state index is 0.195. The zero-order valence-corrected chi connectivity index (χ0v) is 17.9.